The molecule has 0 unspecified atom stereocenters. The van der Waals surface area contributed by atoms with Gasteiger partial charge in [-0.1, -0.05) is 6.07 Å². The molecule has 1 saturated heterocycles. The van der Waals surface area contributed by atoms with Crippen molar-refractivity contribution in [3.05, 3.63) is 76.7 Å². The summed E-state index contributed by atoms with van der Waals surface area (Å²) in [5.74, 6) is 1.27. The zero-order valence-corrected chi connectivity index (χ0v) is 16.2. The SMILES string of the molecule is CN1CCN(c2ccc(NC(=O)c3ccc(Cn4ccccc4=O)o3)cn2)CC1. The quantitative estimate of drug-likeness (QED) is 0.713. The van der Waals surface area contributed by atoms with Gasteiger partial charge in [-0.25, -0.2) is 4.98 Å². The lowest BCUT2D eigenvalue weighted by Gasteiger charge is -2.33. The standard InChI is InChI=1S/C21H23N5O3/c1-24-10-12-25(13-11-24)19-8-5-16(14-22-19)23-21(28)18-7-6-17(29-18)15-26-9-3-2-4-20(26)27/h2-9,14H,10-13,15H2,1H3,(H,23,28). The summed E-state index contributed by atoms with van der Waals surface area (Å²) in [4.78, 5) is 33.2. The number of hydrogen-bond acceptors (Lipinski definition) is 6. The van der Waals surface area contributed by atoms with E-state index in [0.717, 1.165) is 32.0 Å². The van der Waals surface area contributed by atoms with Gasteiger partial charge in [-0.05, 0) is 37.4 Å². The molecule has 0 aliphatic carbocycles. The molecule has 0 aromatic carbocycles. The number of hydrogen-bond donors (Lipinski definition) is 1. The minimum atomic E-state index is -0.356. The van der Waals surface area contributed by atoms with Gasteiger partial charge in [0.1, 0.15) is 11.6 Å². The van der Waals surface area contributed by atoms with Gasteiger partial charge in [-0.2, -0.15) is 0 Å². The summed E-state index contributed by atoms with van der Waals surface area (Å²) in [5, 5.41) is 2.79. The average Bonchev–Trinajstić information content (AvgIpc) is 3.20. The highest BCUT2D eigenvalue weighted by molar-refractivity contribution is 6.02. The van der Waals surface area contributed by atoms with Crippen molar-refractivity contribution in [1.29, 1.82) is 0 Å². The van der Waals surface area contributed by atoms with Gasteiger partial charge >= 0.3 is 0 Å². The number of piperazine rings is 1. The van der Waals surface area contributed by atoms with Crippen LogP contribution >= 0.6 is 0 Å². The third kappa shape index (κ3) is 4.55. The van der Waals surface area contributed by atoms with Gasteiger partial charge in [0, 0.05) is 38.4 Å². The Morgan fingerprint density at radius 1 is 1.10 bits per heavy atom. The van der Waals surface area contributed by atoms with Crippen LogP contribution in [-0.2, 0) is 6.54 Å². The van der Waals surface area contributed by atoms with E-state index in [1.54, 1.807) is 36.7 Å². The number of aromatic nitrogens is 2. The smallest absolute Gasteiger partial charge is 0.291 e. The fourth-order valence-corrected chi connectivity index (χ4v) is 3.22. The van der Waals surface area contributed by atoms with Crippen molar-refractivity contribution in [3.63, 3.8) is 0 Å². The number of pyridine rings is 2. The molecule has 0 atom stereocenters. The zero-order chi connectivity index (χ0) is 20.2. The molecular weight excluding hydrogens is 370 g/mol. The molecule has 0 bridgehead atoms. The van der Waals surface area contributed by atoms with Gasteiger partial charge in [0.25, 0.3) is 11.5 Å². The molecule has 0 saturated carbocycles. The Hall–Kier alpha value is -3.39. The summed E-state index contributed by atoms with van der Waals surface area (Å²) in [6.45, 7) is 4.17. The molecule has 1 fully saturated rings. The summed E-state index contributed by atoms with van der Waals surface area (Å²) in [5.41, 5.74) is 0.478. The van der Waals surface area contributed by atoms with Crippen molar-refractivity contribution in [2.75, 3.05) is 43.4 Å². The number of carbonyl (C=O) groups is 1. The van der Waals surface area contributed by atoms with Crippen molar-refractivity contribution in [2.24, 2.45) is 0 Å². The lowest BCUT2D eigenvalue weighted by molar-refractivity contribution is 0.0994. The van der Waals surface area contributed by atoms with Crippen LogP contribution in [0.25, 0.3) is 0 Å². The Bertz CT molecular complexity index is 1030. The third-order valence-corrected chi connectivity index (χ3v) is 4.94. The van der Waals surface area contributed by atoms with Gasteiger partial charge in [-0.3, -0.25) is 9.59 Å². The predicted octanol–water partition coefficient (Wildman–Crippen LogP) is 1.89. The molecule has 4 heterocycles. The number of nitrogens with one attached hydrogen (secondary N) is 1. The summed E-state index contributed by atoms with van der Waals surface area (Å²) >= 11 is 0. The maximum absolute atomic E-state index is 12.5. The number of rotatable bonds is 5. The normalized spacial score (nSPS) is 14.7. The second-order valence-corrected chi connectivity index (χ2v) is 7.08. The Morgan fingerprint density at radius 3 is 2.66 bits per heavy atom. The number of carbonyl (C=O) groups excluding carboxylic acids is 1. The molecule has 3 aromatic heterocycles. The van der Waals surface area contributed by atoms with Crippen LogP contribution in [0, 0.1) is 0 Å². The third-order valence-electron chi connectivity index (χ3n) is 4.94. The van der Waals surface area contributed by atoms with Gasteiger partial charge < -0.3 is 24.1 Å². The summed E-state index contributed by atoms with van der Waals surface area (Å²) in [6.07, 6.45) is 3.33. The van der Waals surface area contributed by atoms with Crippen molar-refractivity contribution in [1.82, 2.24) is 14.5 Å². The molecule has 1 aliphatic rings. The topological polar surface area (TPSA) is 83.6 Å². The maximum Gasteiger partial charge on any atom is 0.291 e. The predicted molar refractivity (Wildman–Crippen MR) is 110 cm³/mol. The van der Waals surface area contributed by atoms with E-state index < -0.39 is 0 Å². The van der Waals surface area contributed by atoms with Crippen LogP contribution in [0.5, 0.6) is 0 Å². The molecule has 1 aliphatic heterocycles. The molecular formula is C21H23N5O3. The lowest BCUT2D eigenvalue weighted by atomic mass is 10.3. The molecule has 8 heteroatoms. The molecule has 1 N–H and O–H groups in total. The molecule has 0 spiro atoms. The van der Waals surface area contributed by atoms with E-state index in [0.29, 0.717) is 11.4 Å². The minimum absolute atomic E-state index is 0.124. The Kier molecular flexibility index (Phi) is 5.44. The van der Waals surface area contributed by atoms with Crippen molar-refractivity contribution in [2.45, 2.75) is 6.54 Å². The minimum Gasteiger partial charge on any atom is -0.454 e. The maximum atomic E-state index is 12.5. The first-order valence-electron chi connectivity index (χ1n) is 9.53. The highest BCUT2D eigenvalue weighted by Crippen LogP contribution is 2.17. The van der Waals surface area contributed by atoms with Crippen LogP contribution < -0.4 is 15.8 Å². The molecule has 3 aromatic rings. The van der Waals surface area contributed by atoms with Crippen molar-refractivity contribution < 1.29 is 9.21 Å². The summed E-state index contributed by atoms with van der Waals surface area (Å²) in [7, 11) is 2.11. The van der Waals surface area contributed by atoms with Crippen LogP contribution in [0.3, 0.4) is 0 Å². The Balaban J connectivity index is 1.37. The molecule has 29 heavy (non-hydrogen) atoms. The van der Waals surface area contributed by atoms with E-state index in [-0.39, 0.29) is 23.8 Å². The van der Waals surface area contributed by atoms with Gasteiger partial charge in [0.2, 0.25) is 0 Å². The Labute approximate surface area is 168 Å². The summed E-state index contributed by atoms with van der Waals surface area (Å²) < 4.78 is 7.12. The first-order chi connectivity index (χ1) is 14.1. The molecule has 0 radical (unpaired) electrons. The number of furan rings is 1. The number of nitrogens with zero attached hydrogens (tertiary/aromatic N) is 4. The Morgan fingerprint density at radius 2 is 1.93 bits per heavy atom. The first kappa shape index (κ1) is 18.9. The van der Waals surface area contributed by atoms with E-state index >= 15 is 0 Å². The van der Waals surface area contributed by atoms with E-state index in [9.17, 15) is 9.59 Å². The van der Waals surface area contributed by atoms with Gasteiger partial charge in [0.15, 0.2) is 5.76 Å². The largest absolute Gasteiger partial charge is 0.454 e. The van der Waals surface area contributed by atoms with E-state index in [1.807, 2.05) is 12.1 Å². The highest BCUT2D eigenvalue weighted by atomic mass is 16.4. The van der Waals surface area contributed by atoms with E-state index in [2.05, 4.69) is 27.1 Å². The van der Waals surface area contributed by atoms with E-state index in [4.69, 9.17) is 4.42 Å². The second kappa shape index (κ2) is 8.32. The monoisotopic (exact) mass is 393 g/mol. The number of likely N-dealkylation sites (N-methyl/N-ethyl adjacent to an activating group) is 1. The number of amides is 1. The van der Waals surface area contributed by atoms with Crippen LogP contribution in [0.2, 0.25) is 0 Å². The highest BCUT2D eigenvalue weighted by Gasteiger charge is 2.16. The van der Waals surface area contributed by atoms with Crippen molar-refractivity contribution in [3.8, 4) is 0 Å². The molecule has 4 rings (SSSR count). The van der Waals surface area contributed by atoms with Crippen molar-refractivity contribution >= 4 is 17.4 Å². The molecule has 8 nitrogen and oxygen atoms in total. The van der Waals surface area contributed by atoms with Gasteiger partial charge in [-0.15, -0.1) is 0 Å². The molecule has 150 valence electrons. The van der Waals surface area contributed by atoms with Crippen LogP contribution in [0.15, 0.2) is 64.1 Å². The average molecular weight is 393 g/mol. The fourth-order valence-electron chi connectivity index (χ4n) is 3.22. The summed E-state index contributed by atoms with van der Waals surface area (Å²) in [6, 6.07) is 12.0. The second-order valence-electron chi connectivity index (χ2n) is 7.08. The van der Waals surface area contributed by atoms with Crippen LogP contribution in [0.1, 0.15) is 16.3 Å². The molecule has 1 amide bonds. The fraction of sp³-hybridized carbons (Fsp3) is 0.286. The van der Waals surface area contributed by atoms with Crippen LogP contribution in [-0.4, -0.2) is 53.6 Å². The lowest BCUT2D eigenvalue weighted by Crippen LogP contribution is -2.44. The van der Waals surface area contributed by atoms with Crippen LogP contribution in [0.4, 0.5) is 11.5 Å². The number of anilines is 2. The first-order valence-corrected chi connectivity index (χ1v) is 9.53. The zero-order valence-electron chi connectivity index (χ0n) is 16.2. The van der Waals surface area contributed by atoms with Gasteiger partial charge in [0.05, 0.1) is 18.4 Å². The van der Waals surface area contributed by atoms with E-state index in [1.165, 1.54) is 10.6 Å².